The van der Waals surface area contributed by atoms with Crippen LogP contribution in [0.15, 0.2) is 0 Å². The van der Waals surface area contributed by atoms with Gasteiger partial charge in [-0.2, -0.15) is 0 Å². The minimum Gasteiger partial charge on any atom is -0.458 e. The maximum Gasteiger partial charge on any atom is 0.332 e. The molecule has 0 heterocycles. The molecule has 0 bridgehead atoms. The monoisotopic (exact) mass is 168 g/mol. The van der Waals surface area contributed by atoms with Gasteiger partial charge >= 0.3 is 5.97 Å². The first-order chi connectivity index (χ1) is 4.95. The molecular formula is C6H10F2O3. The summed E-state index contributed by atoms with van der Waals surface area (Å²) >= 11 is 0. The van der Waals surface area contributed by atoms with Gasteiger partial charge in [-0.15, -0.1) is 0 Å². The second-order valence-corrected chi connectivity index (χ2v) is 2.16. The van der Waals surface area contributed by atoms with Crippen molar-refractivity contribution in [3.05, 3.63) is 0 Å². The van der Waals surface area contributed by atoms with Crippen LogP contribution in [0.3, 0.4) is 0 Å². The summed E-state index contributed by atoms with van der Waals surface area (Å²) in [7, 11) is 1.28. The van der Waals surface area contributed by atoms with Gasteiger partial charge in [0.15, 0.2) is 6.61 Å². The lowest BCUT2D eigenvalue weighted by molar-refractivity contribution is -0.157. The van der Waals surface area contributed by atoms with Gasteiger partial charge in [0.1, 0.15) is 6.61 Å². The Morgan fingerprint density at radius 2 is 2.09 bits per heavy atom. The lowest BCUT2D eigenvalue weighted by atomic mass is 10.4. The van der Waals surface area contributed by atoms with E-state index in [0.29, 0.717) is 6.92 Å². The number of hydrogen-bond donors (Lipinski definition) is 0. The second-order valence-electron chi connectivity index (χ2n) is 2.16. The van der Waals surface area contributed by atoms with Crippen LogP contribution in [0.5, 0.6) is 0 Å². The fraction of sp³-hybridized carbons (Fsp3) is 0.833. The summed E-state index contributed by atoms with van der Waals surface area (Å²) in [6.07, 6.45) is 0. The highest BCUT2D eigenvalue weighted by Crippen LogP contribution is 2.10. The molecule has 0 aliphatic rings. The molecule has 66 valence electrons. The Morgan fingerprint density at radius 1 is 1.55 bits per heavy atom. The fourth-order valence-corrected chi connectivity index (χ4v) is 0.367. The lowest BCUT2D eigenvalue weighted by Gasteiger charge is -2.09. The van der Waals surface area contributed by atoms with Crippen molar-refractivity contribution in [2.45, 2.75) is 12.8 Å². The highest BCUT2D eigenvalue weighted by Gasteiger charge is 2.23. The first kappa shape index (κ1) is 10.3. The molecule has 0 unspecified atom stereocenters. The normalized spacial score (nSPS) is 11.3. The standard InChI is InChI=1S/C6H10F2O3/c1-6(7,8)4-11-5(9)3-10-2/h3-4H2,1-2H3. The summed E-state index contributed by atoms with van der Waals surface area (Å²) in [5.41, 5.74) is 0. The van der Waals surface area contributed by atoms with Crippen LogP contribution in [0.4, 0.5) is 8.78 Å². The average Bonchev–Trinajstić information content (AvgIpc) is 1.83. The van der Waals surface area contributed by atoms with Crippen LogP contribution in [0.1, 0.15) is 6.92 Å². The van der Waals surface area contributed by atoms with Crippen LogP contribution in [0.25, 0.3) is 0 Å². The zero-order valence-electron chi connectivity index (χ0n) is 6.39. The molecule has 5 heteroatoms. The molecule has 0 aliphatic carbocycles. The Labute approximate surface area is 63.3 Å². The predicted molar refractivity (Wildman–Crippen MR) is 33.5 cm³/mol. The van der Waals surface area contributed by atoms with Crippen molar-refractivity contribution in [1.29, 1.82) is 0 Å². The van der Waals surface area contributed by atoms with E-state index in [2.05, 4.69) is 9.47 Å². The van der Waals surface area contributed by atoms with E-state index < -0.39 is 18.5 Å². The van der Waals surface area contributed by atoms with Gasteiger partial charge in [-0.25, -0.2) is 13.6 Å². The molecule has 0 saturated carbocycles. The number of carbonyl (C=O) groups is 1. The van der Waals surface area contributed by atoms with E-state index in [9.17, 15) is 13.6 Å². The predicted octanol–water partition coefficient (Wildman–Crippen LogP) is 0.831. The first-order valence-corrected chi connectivity index (χ1v) is 2.98. The lowest BCUT2D eigenvalue weighted by Crippen LogP contribution is -2.23. The molecule has 0 spiro atoms. The molecule has 0 aliphatic heterocycles. The van der Waals surface area contributed by atoms with Gasteiger partial charge in [0, 0.05) is 14.0 Å². The fourth-order valence-electron chi connectivity index (χ4n) is 0.367. The number of esters is 1. The smallest absolute Gasteiger partial charge is 0.332 e. The van der Waals surface area contributed by atoms with Gasteiger partial charge in [-0.05, 0) is 0 Å². The van der Waals surface area contributed by atoms with E-state index in [-0.39, 0.29) is 6.61 Å². The van der Waals surface area contributed by atoms with Gasteiger partial charge in [0.05, 0.1) is 0 Å². The molecule has 0 N–H and O–H groups in total. The van der Waals surface area contributed by atoms with E-state index in [1.165, 1.54) is 7.11 Å². The van der Waals surface area contributed by atoms with Gasteiger partial charge in [0.25, 0.3) is 5.92 Å². The Morgan fingerprint density at radius 3 is 2.45 bits per heavy atom. The molecule has 0 aromatic heterocycles. The molecule has 11 heavy (non-hydrogen) atoms. The minimum atomic E-state index is -2.97. The SMILES string of the molecule is COCC(=O)OCC(C)(F)F. The quantitative estimate of drug-likeness (QED) is 0.583. The molecule has 0 aromatic rings. The maximum absolute atomic E-state index is 12.0. The van der Waals surface area contributed by atoms with Crippen molar-refractivity contribution in [3.63, 3.8) is 0 Å². The number of methoxy groups -OCH3 is 1. The Bertz CT molecular complexity index is 130. The van der Waals surface area contributed by atoms with Crippen LogP contribution in [-0.2, 0) is 14.3 Å². The average molecular weight is 168 g/mol. The third kappa shape index (κ3) is 7.18. The topological polar surface area (TPSA) is 35.5 Å². The molecule has 0 fully saturated rings. The zero-order chi connectivity index (χ0) is 8.91. The van der Waals surface area contributed by atoms with Gasteiger partial charge in [-0.3, -0.25) is 0 Å². The maximum atomic E-state index is 12.0. The Hall–Kier alpha value is -0.710. The van der Waals surface area contributed by atoms with Crippen LogP contribution in [-0.4, -0.2) is 32.2 Å². The highest BCUT2D eigenvalue weighted by molar-refractivity contribution is 5.70. The van der Waals surface area contributed by atoms with E-state index >= 15 is 0 Å². The van der Waals surface area contributed by atoms with Crippen LogP contribution >= 0.6 is 0 Å². The summed E-state index contributed by atoms with van der Waals surface area (Å²) in [4.78, 5) is 10.4. The van der Waals surface area contributed by atoms with Crippen molar-refractivity contribution >= 4 is 5.97 Å². The van der Waals surface area contributed by atoms with Gasteiger partial charge in [-0.1, -0.05) is 0 Å². The number of halogens is 2. The molecule has 0 rings (SSSR count). The number of rotatable bonds is 4. The van der Waals surface area contributed by atoms with Crippen molar-refractivity contribution in [2.24, 2.45) is 0 Å². The minimum absolute atomic E-state index is 0.296. The molecule has 0 aromatic carbocycles. The zero-order valence-corrected chi connectivity index (χ0v) is 6.39. The Kier molecular flexibility index (Phi) is 3.95. The summed E-state index contributed by atoms with van der Waals surface area (Å²) in [6, 6.07) is 0. The molecule has 3 nitrogen and oxygen atoms in total. The third-order valence-corrected chi connectivity index (χ3v) is 0.749. The van der Waals surface area contributed by atoms with Gasteiger partial charge in [0.2, 0.25) is 0 Å². The summed E-state index contributed by atoms with van der Waals surface area (Å²) in [6.45, 7) is -0.516. The van der Waals surface area contributed by atoms with Crippen LogP contribution in [0, 0.1) is 0 Å². The summed E-state index contributed by atoms with van der Waals surface area (Å²) in [5.74, 6) is -3.75. The van der Waals surface area contributed by atoms with E-state index in [4.69, 9.17) is 0 Å². The number of ether oxygens (including phenoxy) is 2. The molecule has 0 atom stereocenters. The molecular weight excluding hydrogens is 158 g/mol. The van der Waals surface area contributed by atoms with Crippen molar-refractivity contribution in [2.75, 3.05) is 20.3 Å². The van der Waals surface area contributed by atoms with E-state index in [0.717, 1.165) is 0 Å². The number of hydrogen-bond acceptors (Lipinski definition) is 3. The number of alkyl halides is 2. The van der Waals surface area contributed by atoms with Crippen molar-refractivity contribution < 1.29 is 23.0 Å². The summed E-state index contributed by atoms with van der Waals surface area (Å²) < 4.78 is 32.5. The third-order valence-electron chi connectivity index (χ3n) is 0.749. The van der Waals surface area contributed by atoms with Gasteiger partial charge < -0.3 is 9.47 Å². The van der Waals surface area contributed by atoms with Crippen LogP contribution in [0.2, 0.25) is 0 Å². The first-order valence-electron chi connectivity index (χ1n) is 2.98. The number of carbonyl (C=O) groups excluding carboxylic acids is 1. The summed E-state index contributed by atoms with van der Waals surface area (Å²) in [5, 5.41) is 0. The van der Waals surface area contributed by atoms with E-state index in [1.807, 2.05) is 0 Å². The largest absolute Gasteiger partial charge is 0.458 e. The van der Waals surface area contributed by atoms with E-state index in [1.54, 1.807) is 0 Å². The molecule has 0 radical (unpaired) electrons. The Balaban J connectivity index is 3.46. The highest BCUT2D eigenvalue weighted by atomic mass is 19.3. The van der Waals surface area contributed by atoms with Crippen molar-refractivity contribution in [3.8, 4) is 0 Å². The molecule has 0 amide bonds. The molecule has 0 saturated heterocycles. The van der Waals surface area contributed by atoms with Crippen LogP contribution < -0.4 is 0 Å². The van der Waals surface area contributed by atoms with Crippen molar-refractivity contribution in [1.82, 2.24) is 0 Å². The second kappa shape index (κ2) is 4.23.